The summed E-state index contributed by atoms with van der Waals surface area (Å²) in [7, 11) is 0. The minimum absolute atomic E-state index is 0.139. The van der Waals surface area contributed by atoms with Crippen LogP contribution in [0.3, 0.4) is 0 Å². The van der Waals surface area contributed by atoms with Crippen LogP contribution in [0.2, 0.25) is 0 Å². The van der Waals surface area contributed by atoms with E-state index in [1.165, 1.54) is 23.3 Å². The van der Waals surface area contributed by atoms with Gasteiger partial charge in [0.1, 0.15) is 11.6 Å². The van der Waals surface area contributed by atoms with Gasteiger partial charge >= 0.3 is 0 Å². The molecule has 0 amide bonds. The van der Waals surface area contributed by atoms with Crippen LogP contribution >= 0.6 is 0 Å². The second-order valence-electron chi connectivity index (χ2n) is 8.30. The lowest BCUT2D eigenvalue weighted by Gasteiger charge is -2.25. The van der Waals surface area contributed by atoms with Crippen LogP contribution in [-0.2, 0) is 16.7 Å². The summed E-state index contributed by atoms with van der Waals surface area (Å²) in [5.74, 6) is -1.27. The molecule has 2 aromatic carbocycles. The first kappa shape index (κ1) is 20.4. The van der Waals surface area contributed by atoms with Gasteiger partial charge < -0.3 is 20.9 Å². The zero-order chi connectivity index (χ0) is 20.4. The van der Waals surface area contributed by atoms with Crippen LogP contribution in [0.25, 0.3) is 0 Å². The Hall–Kier alpha value is -1.86. The highest BCUT2D eigenvalue weighted by atomic mass is 19.1. The molecule has 1 aliphatic carbocycles. The Labute approximate surface area is 170 Å². The summed E-state index contributed by atoms with van der Waals surface area (Å²) in [5.41, 5.74) is 8.81. The van der Waals surface area contributed by atoms with Gasteiger partial charge in [0.25, 0.3) is 0 Å². The fraction of sp³-hybridized carbons (Fsp3) is 0.478. The second kappa shape index (κ2) is 8.48. The summed E-state index contributed by atoms with van der Waals surface area (Å²) in [6.07, 6.45) is 3.71. The van der Waals surface area contributed by atoms with Gasteiger partial charge in [-0.3, -0.25) is 0 Å². The Morgan fingerprint density at radius 3 is 2.59 bits per heavy atom. The number of benzene rings is 2. The van der Waals surface area contributed by atoms with Crippen molar-refractivity contribution in [2.24, 2.45) is 5.73 Å². The van der Waals surface area contributed by atoms with E-state index in [4.69, 9.17) is 10.5 Å². The van der Waals surface area contributed by atoms with Crippen molar-refractivity contribution < 1.29 is 18.6 Å². The summed E-state index contributed by atoms with van der Waals surface area (Å²) >= 11 is 0. The SMILES string of the molecule is NC(Cc1cc(F)cc(F)c1)C(O)CNC1(c2cccc(C3CCCO3)c2)CC1. The van der Waals surface area contributed by atoms with Crippen LogP contribution in [0.15, 0.2) is 42.5 Å². The van der Waals surface area contributed by atoms with Gasteiger partial charge in [0.05, 0.1) is 12.2 Å². The number of hydrogen-bond donors (Lipinski definition) is 3. The summed E-state index contributed by atoms with van der Waals surface area (Å²) < 4.78 is 32.5. The Kier molecular flexibility index (Phi) is 5.97. The molecule has 0 bridgehead atoms. The highest BCUT2D eigenvalue weighted by molar-refractivity contribution is 5.35. The molecule has 3 atom stereocenters. The molecule has 1 heterocycles. The smallest absolute Gasteiger partial charge is 0.126 e. The summed E-state index contributed by atoms with van der Waals surface area (Å²) in [6.45, 7) is 1.14. The van der Waals surface area contributed by atoms with Crippen molar-refractivity contribution in [3.8, 4) is 0 Å². The number of nitrogens with one attached hydrogen (secondary N) is 1. The van der Waals surface area contributed by atoms with Crippen molar-refractivity contribution in [1.82, 2.24) is 5.32 Å². The van der Waals surface area contributed by atoms with Crippen molar-refractivity contribution in [3.63, 3.8) is 0 Å². The third-order valence-electron chi connectivity index (χ3n) is 6.03. The van der Waals surface area contributed by atoms with E-state index in [0.29, 0.717) is 12.1 Å². The average Bonchev–Trinajstić information content (AvgIpc) is 3.28. The first-order valence-corrected chi connectivity index (χ1v) is 10.3. The molecule has 2 aromatic rings. The molecule has 4 nitrogen and oxygen atoms in total. The molecule has 1 saturated carbocycles. The number of halogens is 2. The van der Waals surface area contributed by atoms with Gasteiger partial charge in [-0.2, -0.15) is 0 Å². The lowest BCUT2D eigenvalue weighted by atomic mass is 9.97. The topological polar surface area (TPSA) is 67.5 Å². The van der Waals surface area contributed by atoms with Crippen molar-refractivity contribution in [2.45, 2.75) is 55.9 Å². The van der Waals surface area contributed by atoms with E-state index in [0.717, 1.165) is 38.4 Å². The van der Waals surface area contributed by atoms with Crippen LogP contribution in [0.5, 0.6) is 0 Å². The van der Waals surface area contributed by atoms with E-state index >= 15 is 0 Å². The van der Waals surface area contributed by atoms with Crippen LogP contribution in [0.1, 0.15) is 48.5 Å². The molecule has 4 N–H and O–H groups in total. The Bertz CT molecular complexity index is 830. The molecule has 1 aliphatic heterocycles. The van der Waals surface area contributed by atoms with E-state index in [1.807, 2.05) is 0 Å². The van der Waals surface area contributed by atoms with Gasteiger partial charge in [-0.15, -0.1) is 0 Å². The van der Waals surface area contributed by atoms with Gasteiger partial charge in [0.2, 0.25) is 0 Å². The van der Waals surface area contributed by atoms with Gasteiger partial charge in [0.15, 0.2) is 0 Å². The zero-order valence-corrected chi connectivity index (χ0v) is 16.4. The first-order valence-electron chi connectivity index (χ1n) is 10.3. The van der Waals surface area contributed by atoms with Crippen LogP contribution in [0.4, 0.5) is 8.78 Å². The highest BCUT2D eigenvalue weighted by Crippen LogP contribution is 2.46. The average molecular weight is 402 g/mol. The fourth-order valence-corrected chi connectivity index (χ4v) is 4.16. The lowest BCUT2D eigenvalue weighted by Crippen LogP contribution is -2.45. The van der Waals surface area contributed by atoms with Gasteiger partial charge in [0, 0.05) is 30.8 Å². The maximum Gasteiger partial charge on any atom is 0.126 e. The van der Waals surface area contributed by atoms with Gasteiger partial charge in [-0.1, -0.05) is 24.3 Å². The van der Waals surface area contributed by atoms with Crippen LogP contribution in [0, 0.1) is 11.6 Å². The van der Waals surface area contributed by atoms with E-state index in [1.54, 1.807) is 0 Å². The van der Waals surface area contributed by atoms with E-state index in [-0.39, 0.29) is 18.1 Å². The summed E-state index contributed by atoms with van der Waals surface area (Å²) in [6, 6.07) is 11.2. The molecule has 2 fully saturated rings. The van der Waals surface area contributed by atoms with Crippen molar-refractivity contribution in [2.75, 3.05) is 13.2 Å². The molecule has 2 aliphatic rings. The summed E-state index contributed by atoms with van der Waals surface area (Å²) in [5, 5.41) is 14.0. The molecule has 29 heavy (non-hydrogen) atoms. The molecule has 4 rings (SSSR count). The molecular weight excluding hydrogens is 374 g/mol. The van der Waals surface area contributed by atoms with Crippen LogP contribution < -0.4 is 11.1 Å². The summed E-state index contributed by atoms with van der Waals surface area (Å²) in [4.78, 5) is 0. The van der Waals surface area contributed by atoms with Crippen molar-refractivity contribution >= 4 is 0 Å². The molecule has 6 heteroatoms. The third kappa shape index (κ3) is 4.83. The standard InChI is InChI=1S/C23H28F2N2O2/c24-18-9-15(10-19(25)13-18)11-20(26)21(28)14-27-23(6-7-23)17-4-1-3-16(12-17)22-5-2-8-29-22/h1,3-4,9-10,12-13,20-22,27-28H,2,5-8,11,14,26H2. The van der Waals surface area contributed by atoms with Gasteiger partial charge in [-0.25, -0.2) is 8.78 Å². The number of ether oxygens (including phenoxy) is 1. The van der Waals surface area contributed by atoms with Crippen molar-refractivity contribution in [3.05, 3.63) is 70.8 Å². The first-order chi connectivity index (χ1) is 13.9. The predicted molar refractivity (Wildman–Crippen MR) is 107 cm³/mol. The second-order valence-corrected chi connectivity index (χ2v) is 8.30. The number of aliphatic hydroxyl groups excluding tert-OH is 1. The fourth-order valence-electron chi connectivity index (χ4n) is 4.16. The van der Waals surface area contributed by atoms with Gasteiger partial charge in [-0.05, 0) is 60.9 Å². The maximum absolute atomic E-state index is 13.4. The highest BCUT2D eigenvalue weighted by Gasteiger charge is 2.44. The normalized spacial score (nSPS) is 22.4. The molecule has 0 spiro atoms. The van der Waals surface area contributed by atoms with Crippen LogP contribution in [-0.4, -0.2) is 30.4 Å². The third-order valence-corrected chi connectivity index (χ3v) is 6.03. The minimum atomic E-state index is -0.819. The Morgan fingerprint density at radius 1 is 1.17 bits per heavy atom. The van der Waals surface area contributed by atoms with E-state index in [9.17, 15) is 13.9 Å². The molecular formula is C23H28F2N2O2. The van der Waals surface area contributed by atoms with E-state index in [2.05, 4.69) is 29.6 Å². The molecule has 156 valence electrons. The number of aliphatic hydroxyl groups is 1. The number of hydrogen-bond acceptors (Lipinski definition) is 4. The van der Waals surface area contributed by atoms with E-state index < -0.39 is 23.8 Å². The maximum atomic E-state index is 13.4. The quantitative estimate of drug-likeness (QED) is 0.634. The molecule has 0 radical (unpaired) electrons. The Balaban J connectivity index is 1.36. The molecule has 0 aromatic heterocycles. The minimum Gasteiger partial charge on any atom is -0.390 e. The Morgan fingerprint density at radius 2 is 1.93 bits per heavy atom. The number of nitrogens with two attached hydrogens (primary N) is 1. The largest absolute Gasteiger partial charge is 0.390 e. The molecule has 1 saturated heterocycles. The predicted octanol–water partition coefficient (Wildman–Crippen LogP) is 3.33. The van der Waals surface area contributed by atoms with Crippen molar-refractivity contribution in [1.29, 1.82) is 0 Å². The monoisotopic (exact) mass is 402 g/mol. The molecule has 3 unspecified atom stereocenters. The number of rotatable bonds is 8. The zero-order valence-electron chi connectivity index (χ0n) is 16.4. The lowest BCUT2D eigenvalue weighted by molar-refractivity contribution is 0.112.